The van der Waals surface area contributed by atoms with Crippen LogP contribution in [0, 0.1) is 0 Å². The normalized spacial score (nSPS) is 9.64. The van der Waals surface area contributed by atoms with Gasteiger partial charge in [0.15, 0.2) is 0 Å². The number of carbonyl (C=O) groups excluding carboxylic acids is 1. The molecule has 0 bridgehead atoms. The molecule has 0 aliphatic carbocycles. The van der Waals surface area contributed by atoms with Crippen LogP contribution in [0.3, 0.4) is 0 Å². The second-order valence-electron chi connectivity index (χ2n) is 2.50. The lowest BCUT2D eigenvalue weighted by atomic mass is 10.3. The topological polar surface area (TPSA) is 38.3 Å². The van der Waals surface area contributed by atoms with E-state index in [1.54, 1.807) is 19.1 Å². The number of rotatable bonds is 2. The highest BCUT2D eigenvalue weighted by Crippen LogP contribution is 2.23. The van der Waals surface area contributed by atoms with Crippen molar-refractivity contribution < 1.29 is 9.53 Å². The highest BCUT2D eigenvalue weighted by Gasteiger charge is 2.03. The number of anilines is 1. The first-order valence-corrected chi connectivity index (χ1v) is 5.60. The fraction of sp³-hybridized carbons (Fsp3) is 0.222. The average Bonchev–Trinajstić information content (AvgIpc) is 2.01. The lowest BCUT2D eigenvalue weighted by Gasteiger charge is -2.05. The molecule has 1 aromatic rings. The van der Waals surface area contributed by atoms with Gasteiger partial charge in [0.25, 0.3) is 0 Å². The zero-order valence-electron chi connectivity index (χ0n) is 7.51. The van der Waals surface area contributed by atoms with Crippen molar-refractivity contribution >= 4 is 43.6 Å². The maximum absolute atomic E-state index is 11.1. The molecule has 1 N–H and O–H groups in total. The molecular weight excluding hydrogens is 314 g/mol. The van der Waals surface area contributed by atoms with Crippen LogP contribution in [0.5, 0.6) is 0 Å². The summed E-state index contributed by atoms with van der Waals surface area (Å²) in [4.78, 5) is 11.1. The lowest BCUT2D eigenvalue weighted by molar-refractivity contribution is 0.168. The van der Waals surface area contributed by atoms with Gasteiger partial charge in [-0.15, -0.1) is 0 Å². The first kappa shape index (κ1) is 11.5. The summed E-state index contributed by atoms with van der Waals surface area (Å²) < 4.78 is 6.52. The van der Waals surface area contributed by atoms with Gasteiger partial charge < -0.3 is 4.74 Å². The van der Waals surface area contributed by atoms with E-state index < -0.39 is 6.09 Å². The van der Waals surface area contributed by atoms with Crippen molar-refractivity contribution in [1.82, 2.24) is 0 Å². The van der Waals surface area contributed by atoms with E-state index in [-0.39, 0.29) is 0 Å². The number of nitrogens with one attached hydrogen (secondary N) is 1. The Morgan fingerprint density at radius 1 is 1.36 bits per heavy atom. The summed E-state index contributed by atoms with van der Waals surface area (Å²) in [5.74, 6) is 0. The highest BCUT2D eigenvalue weighted by atomic mass is 79.9. The number of benzene rings is 1. The Hall–Kier alpha value is -0.550. The van der Waals surface area contributed by atoms with E-state index in [4.69, 9.17) is 4.74 Å². The fourth-order valence-electron chi connectivity index (χ4n) is 0.911. The van der Waals surface area contributed by atoms with Crippen LogP contribution in [0.25, 0.3) is 0 Å². The molecule has 0 spiro atoms. The van der Waals surface area contributed by atoms with Gasteiger partial charge in [-0.3, -0.25) is 5.32 Å². The van der Waals surface area contributed by atoms with Gasteiger partial charge in [-0.25, -0.2) is 4.79 Å². The minimum atomic E-state index is -0.447. The lowest BCUT2D eigenvalue weighted by Crippen LogP contribution is -2.13. The molecule has 0 saturated carbocycles. The van der Waals surface area contributed by atoms with Crippen molar-refractivity contribution in [2.24, 2.45) is 0 Å². The SMILES string of the molecule is CCOC(=O)Nc1cc(Br)cc(Br)c1. The number of halogens is 2. The average molecular weight is 323 g/mol. The first-order chi connectivity index (χ1) is 6.61. The van der Waals surface area contributed by atoms with Gasteiger partial charge in [0.2, 0.25) is 0 Å². The van der Waals surface area contributed by atoms with E-state index in [9.17, 15) is 4.79 Å². The second-order valence-corrected chi connectivity index (χ2v) is 4.33. The van der Waals surface area contributed by atoms with Crippen molar-refractivity contribution in [2.75, 3.05) is 11.9 Å². The smallest absolute Gasteiger partial charge is 0.411 e. The molecule has 0 radical (unpaired) electrons. The minimum absolute atomic E-state index is 0.362. The Morgan fingerprint density at radius 3 is 2.43 bits per heavy atom. The van der Waals surface area contributed by atoms with Gasteiger partial charge >= 0.3 is 6.09 Å². The van der Waals surface area contributed by atoms with Crippen LogP contribution in [0.2, 0.25) is 0 Å². The number of carbonyl (C=O) groups is 1. The van der Waals surface area contributed by atoms with Gasteiger partial charge in [-0.2, -0.15) is 0 Å². The molecule has 0 atom stereocenters. The fourth-order valence-corrected chi connectivity index (χ4v) is 2.20. The molecule has 1 rings (SSSR count). The molecule has 0 aromatic heterocycles. The van der Waals surface area contributed by atoms with Gasteiger partial charge in [-0.05, 0) is 25.1 Å². The molecular formula is C9H9Br2NO2. The molecule has 0 unspecified atom stereocenters. The monoisotopic (exact) mass is 321 g/mol. The largest absolute Gasteiger partial charge is 0.450 e. The predicted molar refractivity (Wildman–Crippen MR) is 62.5 cm³/mol. The van der Waals surface area contributed by atoms with Gasteiger partial charge in [0.1, 0.15) is 0 Å². The predicted octanol–water partition coefficient (Wildman–Crippen LogP) is 3.78. The summed E-state index contributed by atoms with van der Waals surface area (Å²) >= 11 is 6.64. The maximum Gasteiger partial charge on any atom is 0.411 e. The molecule has 3 nitrogen and oxygen atoms in total. The third-order valence-electron chi connectivity index (χ3n) is 1.38. The quantitative estimate of drug-likeness (QED) is 0.899. The molecule has 76 valence electrons. The molecule has 0 aliphatic heterocycles. The van der Waals surface area contributed by atoms with Crippen LogP contribution in [-0.2, 0) is 4.74 Å². The number of amides is 1. The van der Waals surface area contributed by atoms with Crippen molar-refractivity contribution in [3.8, 4) is 0 Å². The summed E-state index contributed by atoms with van der Waals surface area (Å²) in [5, 5.41) is 2.60. The highest BCUT2D eigenvalue weighted by molar-refractivity contribution is 9.11. The van der Waals surface area contributed by atoms with E-state index in [0.29, 0.717) is 12.3 Å². The van der Waals surface area contributed by atoms with Gasteiger partial charge in [-0.1, -0.05) is 31.9 Å². The second kappa shape index (κ2) is 5.36. The third kappa shape index (κ3) is 3.67. The zero-order chi connectivity index (χ0) is 10.6. The third-order valence-corrected chi connectivity index (χ3v) is 2.30. The first-order valence-electron chi connectivity index (χ1n) is 4.01. The summed E-state index contributed by atoms with van der Waals surface area (Å²) in [6.07, 6.45) is -0.447. The molecule has 0 fully saturated rings. The number of ether oxygens (including phenoxy) is 1. The molecule has 1 aromatic carbocycles. The summed E-state index contributed by atoms with van der Waals surface area (Å²) in [7, 11) is 0. The number of hydrogen-bond donors (Lipinski definition) is 1. The Labute approximate surface area is 99.1 Å². The van der Waals surface area contributed by atoms with Crippen molar-refractivity contribution in [3.05, 3.63) is 27.1 Å². The van der Waals surface area contributed by atoms with Crippen LogP contribution in [0.4, 0.5) is 10.5 Å². The van der Waals surface area contributed by atoms with Crippen LogP contribution in [0.1, 0.15) is 6.92 Å². The zero-order valence-corrected chi connectivity index (χ0v) is 10.7. The van der Waals surface area contributed by atoms with E-state index in [0.717, 1.165) is 8.95 Å². The standard InChI is InChI=1S/C9H9Br2NO2/c1-2-14-9(13)12-8-4-6(10)3-7(11)5-8/h3-5H,2H2,1H3,(H,12,13). The molecule has 0 heterocycles. The molecule has 1 amide bonds. The molecule has 14 heavy (non-hydrogen) atoms. The van der Waals surface area contributed by atoms with Crippen molar-refractivity contribution in [3.63, 3.8) is 0 Å². The summed E-state index contributed by atoms with van der Waals surface area (Å²) in [5.41, 5.74) is 0.685. The Kier molecular flexibility index (Phi) is 4.41. The van der Waals surface area contributed by atoms with Crippen LogP contribution < -0.4 is 5.32 Å². The van der Waals surface area contributed by atoms with E-state index in [1.807, 2.05) is 6.07 Å². The Morgan fingerprint density at radius 2 is 1.93 bits per heavy atom. The van der Waals surface area contributed by atoms with E-state index in [2.05, 4.69) is 37.2 Å². The molecule has 5 heteroatoms. The summed E-state index contributed by atoms with van der Waals surface area (Å²) in [6, 6.07) is 5.47. The van der Waals surface area contributed by atoms with Gasteiger partial charge in [0, 0.05) is 14.6 Å². The van der Waals surface area contributed by atoms with Gasteiger partial charge in [0.05, 0.1) is 6.61 Å². The summed E-state index contributed by atoms with van der Waals surface area (Å²) in [6.45, 7) is 2.12. The molecule has 0 aliphatic rings. The van der Waals surface area contributed by atoms with Crippen LogP contribution >= 0.6 is 31.9 Å². The van der Waals surface area contributed by atoms with Crippen molar-refractivity contribution in [1.29, 1.82) is 0 Å². The maximum atomic E-state index is 11.1. The molecule has 0 saturated heterocycles. The Balaban J connectivity index is 2.71. The van der Waals surface area contributed by atoms with Crippen LogP contribution in [0.15, 0.2) is 27.1 Å². The Bertz CT molecular complexity index is 321. The van der Waals surface area contributed by atoms with E-state index >= 15 is 0 Å². The van der Waals surface area contributed by atoms with Crippen LogP contribution in [-0.4, -0.2) is 12.7 Å². The number of hydrogen-bond acceptors (Lipinski definition) is 2. The van der Waals surface area contributed by atoms with E-state index in [1.165, 1.54) is 0 Å². The minimum Gasteiger partial charge on any atom is -0.450 e. The van der Waals surface area contributed by atoms with Crippen molar-refractivity contribution in [2.45, 2.75) is 6.92 Å².